The molecule has 198 valence electrons. The number of hydrogen-bond acceptors (Lipinski definition) is 9. The molecule has 9 nitrogen and oxygen atoms in total. The summed E-state index contributed by atoms with van der Waals surface area (Å²) in [6, 6.07) is 17.9. The van der Waals surface area contributed by atoms with Crippen molar-refractivity contribution in [2.24, 2.45) is 0 Å². The molecule has 0 aliphatic carbocycles. The van der Waals surface area contributed by atoms with Crippen molar-refractivity contribution in [3.8, 4) is 12.1 Å². The summed E-state index contributed by atoms with van der Waals surface area (Å²) in [5.74, 6) is 0.952. The molecule has 2 fully saturated rings. The van der Waals surface area contributed by atoms with Gasteiger partial charge in [-0.2, -0.15) is 15.2 Å². The Balaban J connectivity index is 1.30. The summed E-state index contributed by atoms with van der Waals surface area (Å²) in [6.07, 6.45) is 1.34. The van der Waals surface area contributed by atoms with Gasteiger partial charge in [-0.1, -0.05) is 36.4 Å². The lowest BCUT2D eigenvalue weighted by molar-refractivity contribution is -0.0417. The number of nitriles is 1. The monoisotopic (exact) mass is 513 g/mol. The number of benzene rings is 2. The van der Waals surface area contributed by atoms with Crippen LogP contribution in [-0.2, 0) is 17.7 Å². The van der Waals surface area contributed by atoms with Gasteiger partial charge >= 0.3 is 6.01 Å². The third kappa shape index (κ3) is 5.25. The van der Waals surface area contributed by atoms with Gasteiger partial charge in [0.2, 0.25) is 0 Å². The zero-order valence-electron chi connectivity index (χ0n) is 22.0. The predicted molar refractivity (Wildman–Crippen MR) is 148 cm³/mol. The van der Waals surface area contributed by atoms with Crippen LogP contribution in [0.4, 0.5) is 11.5 Å². The Morgan fingerprint density at radius 1 is 1.08 bits per heavy atom. The van der Waals surface area contributed by atoms with Crippen molar-refractivity contribution in [1.82, 2.24) is 20.2 Å². The largest absolute Gasteiger partial charge is 0.461 e. The molecule has 38 heavy (non-hydrogen) atoms. The number of rotatable bonds is 6. The zero-order valence-corrected chi connectivity index (χ0v) is 22.0. The Kier molecular flexibility index (Phi) is 7.27. The van der Waals surface area contributed by atoms with E-state index in [0.29, 0.717) is 32.2 Å². The standard InChI is InChI=1S/C29H35N7O2/c1-34-15-16-37-23(18-34)20-38-29-32-26-19-35(27-8-4-6-21-5-2-3-7-24(21)27)13-10-25(26)28(33-29)36-14-12-31-22(17-36)9-11-30/h2-8,22-23,31H,9-10,12-20H2,1H3. The van der Waals surface area contributed by atoms with Crippen LogP contribution in [0.15, 0.2) is 42.5 Å². The minimum atomic E-state index is 0.00297. The van der Waals surface area contributed by atoms with Crippen LogP contribution >= 0.6 is 0 Å². The van der Waals surface area contributed by atoms with E-state index in [0.717, 1.165) is 57.2 Å². The average Bonchev–Trinajstić information content (AvgIpc) is 2.95. The van der Waals surface area contributed by atoms with Crippen LogP contribution < -0.4 is 19.9 Å². The number of nitrogens with one attached hydrogen (secondary N) is 1. The molecule has 0 radical (unpaired) electrons. The summed E-state index contributed by atoms with van der Waals surface area (Å²) < 4.78 is 12.1. The van der Waals surface area contributed by atoms with Crippen LogP contribution in [0.25, 0.3) is 10.8 Å². The molecule has 1 aromatic heterocycles. The Labute approximate surface area is 224 Å². The van der Waals surface area contributed by atoms with E-state index in [1.807, 2.05) is 0 Å². The maximum absolute atomic E-state index is 9.26. The highest BCUT2D eigenvalue weighted by molar-refractivity contribution is 5.94. The summed E-state index contributed by atoms with van der Waals surface area (Å²) in [6.45, 7) is 6.92. The third-order valence-corrected chi connectivity index (χ3v) is 7.76. The van der Waals surface area contributed by atoms with Gasteiger partial charge in [0.15, 0.2) is 0 Å². The second-order valence-electron chi connectivity index (χ2n) is 10.5. The minimum Gasteiger partial charge on any atom is -0.461 e. The second-order valence-corrected chi connectivity index (χ2v) is 10.5. The van der Waals surface area contributed by atoms with Crippen LogP contribution in [0.1, 0.15) is 17.7 Å². The highest BCUT2D eigenvalue weighted by Crippen LogP contribution is 2.34. The number of anilines is 2. The molecule has 3 aliphatic rings. The number of likely N-dealkylation sites (N-methyl/N-ethyl adjacent to an activating group) is 1. The van der Waals surface area contributed by atoms with E-state index in [1.54, 1.807) is 0 Å². The first-order valence-corrected chi connectivity index (χ1v) is 13.6. The van der Waals surface area contributed by atoms with Crippen LogP contribution in [0.2, 0.25) is 0 Å². The van der Waals surface area contributed by atoms with Crippen molar-refractivity contribution in [1.29, 1.82) is 5.26 Å². The van der Waals surface area contributed by atoms with Crippen LogP contribution in [0.3, 0.4) is 0 Å². The van der Waals surface area contributed by atoms with Crippen molar-refractivity contribution in [3.63, 3.8) is 0 Å². The summed E-state index contributed by atoms with van der Waals surface area (Å²) in [4.78, 5) is 16.9. The van der Waals surface area contributed by atoms with Gasteiger partial charge in [0.1, 0.15) is 18.5 Å². The normalized spacial score (nSPS) is 22.2. The van der Waals surface area contributed by atoms with E-state index in [9.17, 15) is 5.26 Å². The smallest absolute Gasteiger partial charge is 0.318 e. The maximum atomic E-state index is 9.26. The molecule has 3 aromatic rings. The number of ether oxygens (including phenoxy) is 2. The quantitative estimate of drug-likeness (QED) is 0.534. The van der Waals surface area contributed by atoms with Crippen molar-refractivity contribution in [3.05, 3.63) is 53.7 Å². The summed E-state index contributed by atoms with van der Waals surface area (Å²) in [5.41, 5.74) is 3.44. The van der Waals surface area contributed by atoms with E-state index in [4.69, 9.17) is 19.4 Å². The number of aromatic nitrogens is 2. The van der Waals surface area contributed by atoms with E-state index >= 15 is 0 Å². The van der Waals surface area contributed by atoms with Gasteiger partial charge in [-0.3, -0.25) is 0 Å². The Morgan fingerprint density at radius 3 is 2.87 bits per heavy atom. The molecule has 0 saturated carbocycles. The van der Waals surface area contributed by atoms with E-state index in [1.165, 1.54) is 22.0 Å². The van der Waals surface area contributed by atoms with Gasteiger partial charge in [0, 0.05) is 61.9 Å². The molecule has 2 atom stereocenters. The molecule has 9 heteroatoms. The fourth-order valence-electron chi connectivity index (χ4n) is 5.80. The molecule has 2 saturated heterocycles. The number of nitrogens with zero attached hydrogens (tertiary/aromatic N) is 6. The first kappa shape index (κ1) is 24.9. The van der Waals surface area contributed by atoms with E-state index in [2.05, 4.69) is 75.6 Å². The first-order chi connectivity index (χ1) is 18.7. The molecule has 0 amide bonds. The third-order valence-electron chi connectivity index (χ3n) is 7.76. The number of morpholine rings is 1. The molecule has 1 N–H and O–H groups in total. The molecular weight excluding hydrogens is 478 g/mol. The Morgan fingerprint density at radius 2 is 1.97 bits per heavy atom. The van der Waals surface area contributed by atoms with Gasteiger partial charge in [0.05, 0.1) is 31.3 Å². The molecule has 0 bridgehead atoms. The summed E-state index contributed by atoms with van der Waals surface area (Å²) in [5, 5.41) is 15.2. The van der Waals surface area contributed by atoms with Gasteiger partial charge in [-0.05, 0) is 24.9 Å². The van der Waals surface area contributed by atoms with E-state index < -0.39 is 0 Å². The molecule has 6 rings (SSSR count). The molecule has 0 spiro atoms. The predicted octanol–water partition coefficient (Wildman–Crippen LogP) is 2.59. The van der Waals surface area contributed by atoms with Crippen LogP contribution in [-0.4, -0.2) is 86.5 Å². The molecule has 2 aromatic carbocycles. The van der Waals surface area contributed by atoms with Gasteiger partial charge in [-0.15, -0.1) is 0 Å². The summed E-state index contributed by atoms with van der Waals surface area (Å²) in [7, 11) is 2.10. The van der Waals surface area contributed by atoms with Crippen molar-refractivity contribution < 1.29 is 9.47 Å². The number of piperazine rings is 1. The molecule has 4 heterocycles. The lowest BCUT2D eigenvalue weighted by Gasteiger charge is -2.37. The SMILES string of the molecule is CN1CCOC(COc2nc3c(c(N4CCNC(CC#N)C4)n2)CCN(c2cccc4ccccc24)C3)C1. The average molecular weight is 514 g/mol. The number of hydrogen-bond donors (Lipinski definition) is 1. The zero-order chi connectivity index (χ0) is 25.9. The molecule has 2 unspecified atom stereocenters. The molecule has 3 aliphatic heterocycles. The molecular formula is C29H35N7O2. The van der Waals surface area contributed by atoms with Crippen LogP contribution in [0, 0.1) is 11.3 Å². The highest BCUT2D eigenvalue weighted by atomic mass is 16.5. The summed E-state index contributed by atoms with van der Waals surface area (Å²) >= 11 is 0. The Bertz CT molecular complexity index is 1320. The van der Waals surface area contributed by atoms with Crippen molar-refractivity contribution in [2.75, 3.05) is 69.3 Å². The van der Waals surface area contributed by atoms with Crippen molar-refractivity contribution >= 4 is 22.3 Å². The van der Waals surface area contributed by atoms with Crippen LogP contribution in [0.5, 0.6) is 6.01 Å². The lowest BCUT2D eigenvalue weighted by Crippen LogP contribution is -2.51. The van der Waals surface area contributed by atoms with Gasteiger partial charge < -0.3 is 29.5 Å². The second kappa shape index (κ2) is 11.1. The minimum absolute atomic E-state index is 0.00297. The van der Waals surface area contributed by atoms with E-state index in [-0.39, 0.29) is 12.1 Å². The topological polar surface area (TPSA) is 89.8 Å². The van der Waals surface area contributed by atoms with Gasteiger partial charge in [0.25, 0.3) is 0 Å². The maximum Gasteiger partial charge on any atom is 0.318 e. The first-order valence-electron chi connectivity index (χ1n) is 13.6. The number of fused-ring (bicyclic) bond motifs is 2. The van der Waals surface area contributed by atoms with Crippen molar-refractivity contribution in [2.45, 2.75) is 31.5 Å². The lowest BCUT2D eigenvalue weighted by atomic mass is 10.0. The Hall–Kier alpha value is -3.45. The fraction of sp³-hybridized carbons (Fsp3) is 0.483. The van der Waals surface area contributed by atoms with Gasteiger partial charge in [-0.25, -0.2) is 0 Å². The fourth-order valence-corrected chi connectivity index (χ4v) is 5.80. The highest BCUT2D eigenvalue weighted by Gasteiger charge is 2.29.